The molecule has 0 spiro atoms. The summed E-state index contributed by atoms with van der Waals surface area (Å²) in [5.74, 6) is 0. The van der Waals surface area contributed by atoms with E-state index in [4.69, 9.17) is 0 Å². The Morgan fingerprint density at radius 1 is 0.703 bits per heavy atom. The van der Waals surface area contributed by atoms with Gasteiger partial charge >= 0.3 is 224 Å². The summed E-state index contributed by atoms with van der Waals surface area (Å²) < 4.78 is 10.4. The van der Waals surface area contributed by atoms with E-state index in [1.807, 2.05) is 0 Å². The summed E-state index contributed by atoms with van der Waals surface area (Å²) >= 11 is -4.18. The van der Waals surface area contributed by atoms with E-state index in [0.717, 1.165) is 12.8 Å². The maximum absolute atomic E-state index is 4.18. The third-order valence-corrected chi connectivity index (χ3v) is 25.2. The Balaban J connectivity index is 1.82. The molecule has 4 aromatic rings. The Labute approximate surface area is 223 Å². The quantitative estimate of drug-likeness (QED) is 0.206. The Kier molecular flexibility index (Phi) is 5.85. The Morgan fingerprint density at radius 2 is 1.32 bits per heavy atom. The molecule has 6 rings (SSSR count). The van der Waals surface area contributed by atoms with E-state index in [1.165, 1.54) is 44.5 Å². The van der Waals surface area contributed by atoms with Gasteiger partial charge in [0.1, 0.15) is 0 Å². The molecule has 0 nitrogen and oxygen atoms in total. The Morgan fingerprint density at radius 3 is 1.92 bits per heavy atom. The summed E-state index contributed by atoms with van der Waals surface area (Å²) in [4.78, 5) is 0. The third kappa shape index (κ3) is 3.78. The first-order valence-corrected chi connectivity index (χ1v) is 22.2. The molecule has 0 saturated heterocycles. The topological polar surface area (TPSA) is 0 Å². The van der Waals surface area contributed by atoms with Crippen molar-refractivity contribution in [2.45, 2.75) is 42.9 Å². The first-order chi connectivity index (χ1) is 17.8. The van der Waals surface area contributed by atoms with Crippen LogP contribution in [0.2, 0.25) is 9.26 Å². The van der Waals surface area contributed by atoms with Crippen molar-refractivity contribution < 1.29 is 18.3 Å². The molecule has 0 N–H and O–H groups in total. The second kappa shape index (κ2) is 8.85. The van der Waals surface area contributed by atoms with Gasteiger partial charge in [0, 0.05) is 0 Å². The average Bonchev–Trinajstić information content (AvgIpc) is 3.48. The van der Waals surface area contributed by atoms with Gasteiger partial charge in [0.2, 0.25) is 0 Å². The fraction of sp³-hybridized carbons (Fsp3) is 0.194. The molecule has 2 aliphatic carbocycles. The van der Waals surface area contributed by atoms with E-state index >= 15 is 0 Å². The number of rotatable bonds is 4. The van der Waals surface area contributed by atoms with Crippen LogP contribution in [0.1, 0.15) is 46.7 Å². The van der Waals surface area contributed by atoms with Crippen molar-refractivity contribution in [3.05, 3.63) is 145 Å². The molecule has 184 valence electrons. The Hall–Kier alpha value is -2.89. The van der Waals surface area contributed by atoms with Gasteiger partial charge < -0.3 is 0 Å². The van der Waals surface area contributed by atoms with Gasteiger partial charge in [-0.1, -0.05) is 0 Å². The molecular formula is C36H36Zr. The van der Waals surface area contributed by atoms with E-state index in [0.29, 0.717) is 0 Å². The van der Waals surface area contributed by atoms with Crippen LogP contribution in [0.3, 0.4) is 0 Å². The van der Waals surface area contributed by atoms with Crippen molar-refractivity contribution in [1.29, 1.82) is 0 Å². The molecule has 37 heavy (non-hydrogen) atoms. The summed E-state index contributed by atoms with van der Waals surface area (Å²) in [7, 11) is 0. The predicted octanol–water partition coefficient (Wildman–Crippen LogP) is 8.79. The molecular weight excluding hydrogens is 524 g/mol. The van der Waals surface area contributed by atoms with Crippen LogP contribution in [-0.2, 0) is 24.7 Å². The molecule has 0 amide bonds. The van der Waals surface area contributed by atoms with Crippen LogP contribution in [0.25, 0.3) is 11.1 Å². The minimum absolute atomic E-state index is 1.03. The third-order valence-electron chi connectivity index (χ3n) is 9.07. The minimum atomic E-state index is -4.18. The molecule has 0 bridgehead atoms. The van der Waals surface area contributed by atoms with Gasteiger partial charge in [0.05, 0.1) is 0 Å². The number of hydrogen-bond acceptors (Lipinski definition) is 0. The van der Waals surface area contributed by atoms with Crippen LogP contribution in [0.5, 0.6) is 0 Å². The number of aryl methyl sites for hydroxylation is 2. The molecule has 0 aliphatic heterocycles. The van der Waals surface area contributed by atoms with Gasteiger partial charge in [-0.2, -0.15) is 0 Å². The average molecular weight is 560 g/mol. The molecule has 0 heterocycles. The zero-order valence-electron chi connectivity index (χ0n) is 22.7. The zero-order valence-corrected chi connectivity index (χ0v) is 25.2. The van der Waals surface area contributed by atoms with Crippen LogP contribution in [0, 0.1) is 13.8 Å². The van der Waals surface area contributed by atoms with E-state index in [-0.39, 0.29) is 0 Å². The SMILES string of the molecule is CC1=CC[C]([Zr]([CH3])([CH3])(=[C](c2ccccc2)c2ccccc2)[c]2c(C)ccc3c2Cc2cc(C)ccc2-3)=C1. The molecule has 0 saturated carbocycles. The van der Waals surface area contributed by atoms with E-state index < -0.39 is 18.3 Å². The molecule has 2 aliphatic rings. The molecule has 0 fully saturated rings. The van der Waals surface area contributed by atoms with Crippen molar-refractivity contribution >= 4 is 6.48 Å². The monoisotopic (exact) mass is 558 g/mol. The summed E-state index contributed by atoms with van der Waals surface area (Å²) in [6, 6.07) is 34.3. The second-order valence-corrected chi connectivity index (χ2v) is 27.6. The van der Waals surface area contributed by atoms with Crippen molar-refractivity contribution in [3.63, 3.8) is 0 Å². The van der Waals surface area contributed by atoms with Crippen LogP contribution in [-0.4, -0.2) is 3.21 Å². The van der Waals surface area contributed by atoms with Crippen molar-refractivity contribution in [2.24, 2.45) is 0 Å². The fourth-order valence-corrected chi connectivity index (χ4v) is 24.0. The van der Waals surface area contributed by atoms with Crippen LogP contribution in [0.4, 0.5) is 0 Å². The van der Waals surface area contributed by atoms with Gasteiger partial charge in [-0.3, -0.25) is 0 Å². The van der Waals surface area contributed by atoms with Gasteiger partial charge in [-0.05, 0) is 0 Å². The van der Waals surface area contributed by atoms with Crippen LogP contribution < -0.4 is 3.27 Å². The summed E-state index contributed by atoms with van der Waals surface area (Å²) in [6.45, 7) is 6.86. The first kappa shape index (κ1) is 24.4. The molecule has 0 radical (unpaired) electrons. The van der Waals surface area contributed by atoms with Crippen molar-refractivity contribution in [1.82, 2.24) is 0 Å². The van der Waals surface area contributed by atoms with Crippen LogP contribution >= 0.6 is 0 Å². The summed E-state index contributed by atoms with van der Waals surface area (Å²) in [6.07, 6.45) is 7.08. The molecule has 4 aromatic carbocycles. The second-order valence-electron chi connectivity index (χ2n) is 11.9. The van der Waals surface area contributed by atoms with Gasteiger partial charge in [-0.25, -0.2) is 0 Å². The van der Waals surface area contributed by atoms with Gasteiger partial charge in [-0.15, -0.1) is 0 Å². The number of hydrogen-bond donors (Lipinski definition) is 0. The van der Waals surface area contributed by atoms with E-state index in [2.05, 4.69) is 133 Å². The maximum atomic E-state index is 2.71. The molecule has 0 atom stereocenters. The van der Waals surface area contributed by atoms with Crippen molar-refractivity contribution in [2.75, 3.05) is 0 Å². The standard InChI is InChI=1S/C15H13.C13H10.C6H7.2CH3.Zr/c1-10-3-5-14-12(7-10)9-13-8-11(2)4-6-15(13)14;1-3-7-12(8-4-1)11-13-9-5-2-6-10-13;1-6-4-2-3-5-6;;;/h3-7H,9H2,1-2H3;1-10H;4-5H,2H2,1H3;2*1H3;. The number of allylic oxidation sites excluding steroid dienone is 4. The van der Waals surface area contributed by atoms with Crippen LogP contribution in [0.15, 0.2) is 112 Å². The normalized spacial score (nSPS) is 14.6. The Bertz CT molecular complexity index is 1630. The van der Waals surface area contributed by atoms with Gasteiger partial charge in [0.15, 0.2) is 0 Å². The van der Waals surface area contributed by atoms with Crippen molar-refractivity contribution in [3.8, 4) is 11.1 Å². The molecule has 1 heteroatoms. The summed E-state index contributed by atoms with van der Waals surface area (Å²) in [5, 5.41) is 0. The van der Waals surface area contributed by atoms with E-state index in [1.54, 1.807) is 15.3 Å². The summed E-state index contributed by atoms with van der Waals surface area (Å²) in [5.41, 5.74) is 12.9. The number of benzene rings is 4. The van der Waals surface area contributed by atoms with Gasteiger partial charge in [0.25, 0.3) is 0 Å². The van der Waals surface area contributed by atoms with E-state index in [9.17, 15) is 0 Å². The molecule has 0 aromatic heterocycles. The zero-order chi connectivity index (χ0) is 25.8. The predicted molar refractivity (Wildman–Crippen MR) is 158 cm³/mol. The fourth-order valence-electron chi connectivity index (χ4n) is 7.44. The molecule has 0 unspecified atom stereocenters. The first-order valence-electron chi connectivity index (χ1n) is 13.6. The number of fused-ring (bicyclic) bond motifs is 3.